The van der Waals surface area contributed by atoms with E-state index in [4.69, 9.17) is 16.3 Å². The van der Waals surface area contributed by atoms with Gasteiger partial charge in [-0.05, 0) is 12.1 Å². The zero-order valence-corrected chi connectivity index (χ0v) is 7.82. The summed E-state index contributed by atoms with van der Waals surface area (Å²) in [5.74, 6) is -0.441. The molecule has 0 bridgehead atoms. The Balaban J connectivity index is 2.27. The number of rotatable bonds is 1. The van der Waals surface area contributed by atoms with Crippen LogP contribution in [0.1, 0.15) is 11.0 Å². The largest absolute Gasteiger partial charge is 0.430 e. The van der Waals surface area contributed by atoms with Crippen molar-refractivity contribution in [1.82, 2.24) is 5.32 Å². The normalized spacial score (nSPS) is 21.5. The topological polar surface area (TPSA) is 55.4 Å². The molecule has 0 radical (unpaired) electrons. The summed E-state index contributed by atoms with van der Waals surface area (Å²) in [7, 11) is 0. The third-order valence-corrected chi connectivity index (χ3v) is 2.82. The molecule has 1 fully saturated rings. The first kappa shape index (κ1) is 8.52. The van der Waals surface area contributed by atoms with Gasteiger partial charge in [-0.3, -0.25) is 10.1 Å². The van der Waals surface area contributed by atoms with Gasteiger partial charge in [-0.25, -0.2) is 4.79 Å². The number of carbonyl (C=O) groups is 2. The maximum absolute atomic E-state index is 11.1. The molecule has 1 unspecified atom stereocenters. The van der Waals surface area contributed by atoms with Crippen molar-refractivity contribution in [2.45, 2.75) is 6.10 Å². The lowest BCUT2D eigenvalue weighted by Crippen LogP contribution is -2.20. The molecule has 0 aliphatic carbocycles. The fourth-order valence-electron chi connectivity index (χ4n) is 1.01. The minimum atomic E-state index is -0.829. The molecule has 0 spiro atoms. The average Bonchev–Trinajstić information content (AvgIpc) is 2.58. The number of carbonyl (C=O) groups excluding carboxylic acids is 2. The van der Waals surface area contributed by atoms with Crippen LogP contribution < -0.4 is 5.32 Å². The Bertz CT molecular complexity index is 376. The number of ether oxygens (including phenoxy) is 1. The van der Waals surface area contributed by atoms with E-state index in [0.29, 0.717) is 9.21 Å². The molecule has 1 aliphatic rings. The molecule has 6 heteroatoms. The van der Waals surface area contributed by atoms with Gasteiger partial charge < -0.3 is 4.74 Å². The Hall–Kier alpha value is -1.07. The maximum atomic E-state index is 11.1. The summed E-state index contributed by atoms with van der Waals surface area (Å²) in [6.45, 7) is 0. The van der Waals surface area contributed by atoms with E-state index in [-0.39, 0.29) is 0 Å². The maximum Gasteiger partial charge on any atom is 0.415 e. The van der Waals surface area contributed by atoms with Crippen molar-refractivity contribution in [2.24, 2.45) is 0 Å². The number of halogens is 1. The number of cyclic esters (lactones) is 1. The SMILES string of the molecule is O=C1NC(=O)C(c2ccc(Cl)s2)O1. The molecular weight excluding hydrogens is 214 g/mol. The van der Waals surface area contributed by atoms with E-state index in [9.17, 15) is 9.59 Å². The van der Waals surface area contributed by atoms with Crippen LogP contribution in [-0.4, -0.2) is 12.0 Å². The monoisotopic (exact) mass is 217 g/mol. The Morgan fingerprint density at radius 3 is 2.69 bits per heavy atom. The molecule has 1 N–H and O–H groups in total. The van der Waals surface area contributed by atoms with Crippen molar-refractivity contribution in [3.63, 3.8) is 0 Å². The molecule has 2 rings (SSSR count). The van der Waals surface area contributed by atoms with E-state index >= 15 is 0 Å². The van der Waals surface area contributed by atoms with Gasteiger partial charge in [0, 0.05) is 0 Å². The molecule has 2 amide bonds. The number of hydrogen-bond acceptors (Lipinski definition) is 4. The van der Waals surface area contributed by atoms with E-state index in [1.165, 1.54) is 11.3 Å². The molecule has 1 aromatic rings. The van der Waals surface area contributed by atoms with Gasteiger partial charge in [0.25, 0.3) is 5.91 Å². The van der Waals surface area contributed by atoms with Crippen molar-refractivity contribution in [3.8, 4) is 0 Å². The van der Waals surface area contributed by atoms with Crippen LogP contribution in [0.5, 0.6) is 0 Å². The third kappa shape index (κ3) is 1.52. The molecule has 1 aromatic heterocycles. The zero-order chi connectivity index (χ0) is 9.42. The molecule has 4 nitrogen and oxygen atoms in total. The van der Waals surface area contributed by atoms with Gasteiger partial charge in [0.15, 0.2) is 0 Å². The summed E-state index contributed by atoms with van der Waals surface area (Å²) < 4.78 is 5.29. The summed E-state index contributed by atoms with van der Waals surface area (Å²) in [5.41, 5.74) is 0. The molecule has 1 aliphatic heterocycles. The summed E-state index contributed by atoms with van der Waals surface area (Å²) in [5, 5.41) is 2.04. The third-order valence-electron chi connectivity index (χ3n) is 1.54. The van der Waals surface area contributed by atoms with Crippen LogP contribution in [-0.2, 0) is 9.53 Å². The minimum Gasteiger partial charge on any atom is -0.430 e. The summed E-state index contributed by atoms with van der Waals surface area (Å²) >= 11 is 6.89. The van der Waals surface area contributed by atoms with Crippen LogP contribution in [0.25, 0.3) is 0 Å². The number of amides is 2. The predicted octanol–water partition coefficient (Wildman–Crippen LogP) is 1.71. The van der Waals surface area contributed by atoms with Crippen molar-refractivity contribution in [2.75, 3.05) is 0 Å². The lowest BCUT2D eigenvalue weighted by atomic mass is 10.3. The molecule has 0 aromatic carbocycles. The van der Waals surface area contributed by atoms with Crippen LogP contribution in [0.2, 0.25) is 4.34 Å². The highest BCUT2D eigenvalue weighted by molar-refractivity contribution is 7.16. The van der Waals surface area contributed by atoms with Crippen LogP contribution in [0.3, 0.4) is 0 Å². The second-order valence-electron chi connectivity index (χ2n) is 2.42. The van der Waals surface area contributed by atoms with Crippen LogP contribution >= 0.6 is 22.9 Å². The first-order chi connectivity index (χ1) is 6.16. The first-order valence-electron chi connectivity index (χ1n) is 3.43. The Labute approximate surface area is 82.5 Å². The molecule has 68 valence electrons. The van der Waals surface area contributed by atoms with Gasteiger partial charge >= 0.3 is 6.09 Å². The highest BCUT2D eigenvalue weighted by Crippen LogP contribution is 2.30. The van der Waals surface area contributed by atoms with Gasteiger partial charge in [0.2, 0.25) is 6.10 Å². The predicted molar refractivity (Wildman–Crippen MR) is 46.7 cm³/mol. The van der Waals surface area contributed by atoms with E-state index in [1.807, 2.05) is 5.32 Å². The van der Waals surface area contributed by atoms with E-state index in [1.54, 1.807) is 12.1 Å². The molecule has 2 heterocycles. The van der Waals surface area contributed by atoms with E-state index in [0.717, 1.165) is 0 Å². The molecular formula is C7H4ClNO3S. The summed E-state index contributed by atoms with van der Waals surface area (Å²) in [4.78, 5) is 22.4. The lowest BCUT2D eigenvalue weighted by molar-refractivity contribution is -0.123. The molecule has 13 heavy (non-hydrogen) atoms. The van der Waals surface area contributed by atoms with Crippen LogP contribution in [0.4, 0.5) is 4.79 Å². The van der Waals surface area contributed by atoms with Crippen LogP contribution in [0.15, 0.2) is 12.1 Å². The summed E-state index contributed by atoms with van der Waals surface area (Å²) in [6, 6.07) is 3.32. The Kier molecular flexibility index (Phi) is 1.97. The smallest absolute Gasteiger partial charge is 0.415 e. The minimum absolute atomic E-state index is 0.441. The second kappa shape index (κ2) is 3.01. The van der Waals surface area contributed by atoms with Crippen molar-refractivity contribution < 1.29 is 14.3 Å². The number of imide groups is 1. The number of thiophene rings is 1. The lowest BCUT2D eigenvalue weighted by Gasteiger charge is -2.00. The number of hydrogen-bond donors (Lipinski definition) is 1. The summed E-state index contributed by atoms with van der Waals surface area (Å²) in [6.07, 6.45) is -1.54. The Morgan fingerprint density at radius 2 is 2.23 bits per heavy atom. The standard InChI is InChI=1S/C7H4ClNO3S/c8-4-2-1-3(13-4)5-6(10)9-7(11)12-5/h1-2,5H,(H,9,10,11). The van der Waals surface area contributed by atoms with Gasteiger partial charge in [0.1, 0.15) is 0 Å². The van der Waals surface area contributed by atoms with Crippen LogP contribution in [0, 0.1) is 0 Å². The molecule has 0 saturated carbocycles. The fraction of sp³-hybridized carbons (Fsp3) is 0.143. The second-order valence-corrected chi connectivity index (χ2v) is 4.16. The van der Waals surface area contributed by atoms with Gasteiger partial charge in [-0.2, -0.15) is 0 Å². The average molecular weight is 218 g/mol. The first-order valence-corrected chi connectivity index (χ1v) is 4.63. The van der Waals surface area contributed by atoms with Gasteiger partial charge in [0.05, 0.1) is 9.21 Å². The zero-order valence-electron chi connectivity index (χ0n) is 6.24. The Morgan fingerprint density at radius 1 is 1.46 bits per heavy atom. The highest BCUT2D eigenvalue weighted by atomic mass is 35.5. The van der Waals surface area contributed by atoms with E-state index in [2.05, 4.69) is 0 Å². The van der Waals surface area contributed by atoms with Gasteiger partial charge in [-0.1, -0.05) is 11.6 Å². The van der Waals surface area contributed by atoms with Gasteiger partial charge in [-0.15, -0.1) is 11.3 Å². The van der Waals surface area contributed by atoms with E-state index < -0.39 is 18.1 Å². The quantitative estimate of drug-likeness (QED) is 0.779. The van der Waals surface area contributed by atoms with Crippen molar-refractivity contribution >= 4 is 34.9 Å². The van der Waals surface area contributed by atoms with Crippen molar-refractivity contribution in [1.29, 1.82) is 0 Å². The molecule has 1 atom stereocenters. The highest BCUT2D eigenvalue weighted by Gasteiger charge is 2.34. The van der Waals surface area contributed by atoms with Crippen molar-refractivity contribution in [3.05, 3.63) is 21.3 Å². The fourth-order valence-corrected chi connectivity index (χ4v) is 2.10. The number of alkyl carbamates (subject to hydrolysis) is 1. The number of nitrogens with one attached hydrogen (secondary N) is 1. The molecule has 1 saturated heterocycles.